The number of carbonyl (C=O) groups excluding carboxylic acids is 1. The van der Waals surface area contributed by atoms with Crippen molar-refractivity contribution in [2.45, 2.75) is 18.4 Å². The first kappa shape index (κ1) is 21.1. The van der Waals surface area contributed by atoms with Gasteiger partial charge in [-0.05, 0) is 37.3 Å². The molecule has 2 aromatic carbocycles. The highest BCUT2D eigenvalue weighted by molar-refractivity contribution is 7.99. The number of hydrogen-bond donors (Lipinski definition) is 2. The average Bonchev–Trinajstić information content (AvgIpc) is 2.74. The fraction of sp³-hybridized carbons (Fsp3) is 0.130. The van der Waals surface area contributed by atoms with E-state index in [0.29, 0.717) is 22.0 Å². The van der Waals surface area contributed by atoms with E-state index in [1.54, 1.807) is 18.2 Å². The summed E-state index contributed by atoms with van der Waals surface area (Å²) in [7, 11) is 0. The Kier molecular flexibility index (Phi) is 6.83. The van der Waals surface area contributed by atoms with Crippen molar-refractivity contribution in [3.05, 3.63) is 77.4 Å². The smallest absolute Gasteiger partial charge is 0.335 e. The number of aromatic carboxylic acids is 1. The zero-order valence-corrected chi connectivity index (χ0v) is 17.1. The Bertz CT molecular complexity index is 1120. The Hall–Kier alpha value is -3.63. The third-order valence-electron chi connectivity index (χ3n) is 4.29. The summed E-state index contributed by atoms with van der Waals surface area (Å²) in [5.74, 6) is -0.854. The number of carboxylic acid groups (broad SMARTS) is 1. The molecule has 30 heavy (non-hydrogen) atoms. The van der Waals surface area contributed by atoms with E-state index < -0.39 is 5.97 Å². The van der Waals surface area contributed by atoms with Crippen molar-refractivity contribution < 1.29 is 14.7 Å². The van der Waals surface area contributed by atoms with E-state index in [9.17, 15) is 14.9 Å². The first-order chi connectivity index (χ1) is 14.5. The Balaban J connectivity index is 1.63. The lowest BCUT2D eigenvalue weighted by molar-refractivity contribution is -0.115. The van der Waals surface area contributed by atoms with Gasteiger partial charge in [0.25, 0.3) is 0 Å². The minimum atomic E-state index is -1.05. The van der Waals surface area contributed by atoms with Crippen LogP contribution in [-0.4, -0.2) is 27.7 Å². The molecule has 3 rings (SSSR count). The van der Waals surface area contributed by atoms with E-state index in [1.165, 1.54) is 23.9 Å². The Labute approximate surface area is 178 Å². The van der Waals surface area contributed by atoms with Crippen molar-refractivity contribution >= 4 is 29.3 Å². The second-order valence-electron chi connectivity index (χ2n) is 6.56. The number of anilines is 1. The van der Waals surface area contributed by atoms with Crippen LogP contribution >= 0.6 is 11.8 Å². The molecule has 0 saturated carbocycles. The van der Waals surface area contributed by atoms with E-state index >= 15 is 0 Å². The molecule has 0 atom stereocenters. The number of amides is 1. The third kappa shape index (κ3) is 5.46. The summed E-state index contributed by atoms with van der Waals surface area (Å²) in [5, 5.41) is 21.7. The largest absolute Gasteiger partial charge is 0.478 e. The predicted octanol–water partition coefficient (Wildman–Crippen LogP) is 4.75. The summed E-state index contributed by atoms with van der Waals surface area (Å²) in [6.45, 7) is 2.01. The highest BCUT2D eigenvalue weighted by Gasteiger charge is 2.10. The molecule has 0 bridgehead atoms. The van der Waals surface area contributed by atoms with Crippen LogP contribution < -0.4 is 5.32 Å². The van der Waals surface area contributed by atoms with Crippen LogP contribution in [0.25, 0.3) is 11.3 Å². The lowest BCUT2D eigenvalue weighted by atomic mass is 10.1. The lowest BCUT2D eigenvalue weighted by Gasteiger charge is -2.08. The van der Waals surface area contributed by atoms with Crippen molar-refractivity contribution in [2.24, 2.45) is 0 Å². The van der Waals surface area contributed by atoms with Gasteiger partial charge in [-0.1, -0.05) is 35.9 Å². The van der Waals surface area contributed by atoms with E-state index in [-0.39, 0.29) is 17.9 Å². The highest BCUT2D eigenvalue weighted by atomic mass is 32.2. The van der Waals surface area contributed by atoms with Crippen molar-refractivity contribution in [3.8, 4) is 17.3 Å². The molecule has 0 radical (unpaired) electrons. The lowest BCUT2D eigenvalue weighted by Crippen LogP contribution is -2.12. The van der Waals surface area contributed by atoms with E-state index in [4.69, 9.17) is 5.11 Å². The molecule has 3 aromatic rings. The molecule has 1 aromatic heterocycles. The SMILES string of the molecule is Cc1ccc(-c2ccc(C#N)c(SCCC(=O)Nc3cccc(C(=O)O)c3)n2)cc1. The summed E-state index contributed by atoms with van der Waals surface area (Å²) < 4.78 is 0. The number of hydrogen-bond acceptors (Lipinski definition) is 5. The molecule has 0 aliphatic heterocycles. The van der Waals surface area contributed by atoms with Crippen LogP contribution in [0.15, 0.2) is 65.7 Å². The van der Waals surface area contributed by atoms with Gasteiger partial charge in [-0.3, -0.25) is 4.79 Å². The van der Waals surface area contributed by atoms with Crippen LogP contribution in [0.5, 0.6) is 0 Å². The molecule has 1 heterocycles. The number of nitrogens with zero attached hydrogens (tertiary/aromatic N) is 2. The Morgan fingerprint density at radius 2 is 1.90 bits per heavy atom. The van der Waals surface area contributed by atoms with Gasteiger partial charge in [-0.25, -0.2) is 9.78 Å². The fourth-order valence-electron chi connectivity index (χ4n) is 2.71. The van der Waals surface area contributed by atoms with Gasteiger partial charge in [0.05, 0.1) is 16.8 Å². The molecule has 0 aliphatic rings. The van der Waals surface area contributed by atoms with Crippen molar-refractivity contribution in [3.63, 3.8) is 0 Å². The van der Waals surface area contributed by atoms with Gasteiger partial charge in [0.2, 0.25) is 5.91 Å². The fourth-order valence-corrected chi connectivity index (χ4v) is 3.63. The Morgan fingerprint density at radius 1 is 1.13 bits per heavy atom. The topological polar surface area (TPSA) is 103 Å². The molecule has 7 heteroatoms. The summed E-state index contributed by atoms with van der Waals surface area (Å²) >= 11 is 1.34. The van der Waals surface area contributed by atoms with Gasteiger partial charge in [-0.2, -0.15) is 5.26 Å². The minimum absolute atomic E-state index is 0.109. The van der Waals surface area contributed by atoms with Crippen molar-refractivity contribution in [1.29, 1.82) is 5.26 Å². The highest BCUT2D eigenvalue weighted by Crippen LogP contribution is 2.26. The second kappa shape index (κ2) is 9.72. The monoisotopic (exact) mass is 417 g/mol. The van der Waals surface area contributed by atoms with Crippen molar-refractivity contribution in [2.75, 3.05) is 11.1 Å². The molecule has 150 valence electrons. The van der Waals surface area contributed by atoms with Crippen LogP contribution in [0.1, 0.15) is 27.9 Å². The van der Waals surface area contributed by atoms with Crippen LogP contribution in [-0.2, 0) is 4.79 Å². The quantitative estimate of drug-likeness (QED) is 0.538. The molecule has 0 saturated heterocycles. The zero-order valence-electron chi connectivity index (χ0n) is 16.3. The van der Waals surface area contributed by atoms with Crippen molar-refractivity contribution in [1.82, 2.24) is 4.98 Å². The molecule has 0 spiro atoms. The molecule has 1 amide bonds. The van der Waals surface area contributed by atoms with E-state index in [2.05, 4.69) is 16.4 Å². The van der Waals surface area contributed by atoms with Gasteiger partial charge in [-0.15, -0.1) is 11.8 Å². The summed E-state index contributed by atoms with van der Waals surface area (Å²) in [4.78, 5) is 27.8. The van der Waals surface area contributed by atoms with Gasteiger partial charge in [0.15, 0.2) is 0 Å². The molecular weight excluding hydrogens is 398 g/mol. The molecule has 0 fully saturated rings. The van der Waals surface area contributed by atoms with Crippen LogP contribution in [0.2, 0.25) is 0 Å². The summed E-state index contributed by atoms with van der Waals surface area (Å²) in [6.07, 6.45) is 0.198. The van der Waals surface area contributed by atoms with Crippen LogP contribution in [0, 0.1) is 18.3 Å². The normalized spacial score (nSPS) is 10.3. The number of thioether (sulfide) groups is 1. The van der Waals surface area contributed by atoms with Gasteiger partial charge < -0.3 is 10.4 Å². The number of benzene rings is 2. The number of aryl methyl sites for hydroxylation is 1. The third-order valence-corrected chi connectivity index (χ3v) is 5.28. The number of nitrogens with one attached hydrogen (secondary N) is 1. The van der Waals surface area contributed by atoms with E-state index in [1.807, 2.05) is 37.3 Å². The molecule has 6 nitrogen and oxygen atoms in total. The number of carboxylic acids is 1. The first-order valence-corrected chi connectivity index (χ1v) is 10.2. The zero-order chi connectivity index (χ0) is 21.5. The summed E-state index contributed by atoms with van der Waals surface area (Å²) in [6, 6.07) is 19.8. The number of aromatic nitrogens is 1. The molecule has 2 N–H and O–H groups in total. The number of carbonyl (C=O) groups is 2. The second-order valence-corrected chi connectivity index (χ2v) is 7.64. The maximum atomic E-state index is 12.2. The number of rotatable bonds is 7. The number of nitriles is 1. The predicted molar refractivity (Wildman–Crippen MR) is 116 cm³/mol. The Morgan fingerprint density at radius 3 is 2.60 bits per heavy atom. The maximum Gasteiger partial charge on any atom is 0.335 e. The number of pyridine rings is 1. The molecule has 0 aliphatic carbocycles. The van der Waals surface area contributed by atoms with Gasteiger partial charge >= 0.3 is 5.97 Å². The summed E-state index contributed by atoms with van der Waals surface area (Å²) in [5.41, 5.74) is 3.89. The molecule has 0 unspecified atom stereocenters. The van der Waals surface area contributed by atoms with Gasteiger partial charge in [0, 0.05) is 23.4 Å². The van der Waals surface area contributed by atoms with Crippen LogP contribution in [0.3, 0.4) is 0 Å². The standard InChI is InChI=1S/C23H19N3O3S/c1-15-5-7-16(8-6-15)20-10-9-18(14-24)22(26-20)30-12-11-21(27)25-19-4-2-3-17(13-19)23(28)29/h2-10,13H,11-12H2,1H3,(H,25,27)(H,28,29). The average molecular weight is 417 g/mol. The van der Waals surface area contributed by atoms with E-state index in [0.717, 1.165) is 16.8 Å². The van der Waals surface area contributed by atoms with Crippen LogP contribution in [0.4, 0.5) is 5.69 Å². The molecular formula is C23H19N3O3S. The maximum absolute atomic E-state index is 12.2. The van der Waals surface area contributed by atoms with Gasteiger partial charge in [0.1, 0.15) is 11.1 Å². The first-order valence-electron chi connectivity index (χ1n) is 9.20. The minimum Gasteiger partial charge on any atom is -0.478 e.